The lowest BCUT2D eigenvalue weighted by molar-refractivity contribution is 0.538. The fraction of sp³-hybridized carbons (Fsp3) is 0.167. The Labute approximate surface area is 155 Å². The lowest BCUT2D eigenvalue weighted by Crippen LogP contribution is -2.26. The Morgan fingerprint density at radius 3 is 2.54 bits per heavy atom. The van der Waals surface area contributed by atoms with Crippen molar-refractivity contribution in [1.29, 1.82) is 0 Å². The number of benzene rings is 2. The third kappa shape index (κ3) is 4.12. The van der Waals surface area contributed by atoms with E-state index < -0.39 is 10.0 Å². The van der Waals surface area contributed by atoms with Crippen LogP contribution in [0.25, 0.3) is 11.5 Å². The van der Waals surface area contributed by atoms with E-state index in [-0.39, 0.29) is 22.3 Å². The molecule has 0 spiro atoms. The van der Waals surface area contributed by atoms with E-state index in [1.165, 1.54) is 24.3 Å². The van der Waals surface area contributed by atoms with Gasteiger partial charge in [0.25, 0.3) is 0 Å². The summed E-state index contributed by atoms with van der Waals surface area (Å²) in [7, 11) is -3.71. The third-order valence-electron chi connectivity index (χ3n) is 3.76. The molecule has 2 aromatic carbocycles. The van der Waals surface area contributed by atoms with Crippen molar-refractivity contribution >= 4 is 21.6 Å². The molecule has 5 nitrogen and oxygen atoms in total. The second kappa shape index (κ2) is 7.57. The summed E-state index contributed by atoms with van der Waals surface area (Å²) in [6, 6.07) is 12.0. The number of hydrogen-bond acceptors (Lipinski definition) is 4. The highest BCUT2D eigenvalue weighted by molar-refractivity contribution is 7.89. The van der Waals surface area contributed by atoms with Crippen LogP contribution in [-0.2, 0) is 16.4 Å². The number of nitrogens with one attached hydrogen (secondary N) is 1. The normalized spacial score (nSPS) is 11.7. The summed E-state index contributed by atoms with van der Waals surface area (Å²) in [5.41, 5.74) is 1.28. The molecule has 3 aromatic rings. The Morgan fingerprint density at radius 1 is 1.15 bits per heavy atom. The van der Waals surface area contributed by atoms with Crippen molar-refractivity contribution in [3.63, 3.8) is 0 Å². The molecule has 0 saturated carbocycles. The smallest absolute Gasteiger partial charge is 0.242 e. The van der Waals surface area contributed by atoms with Gasteiger partial charge in [-0.2, -0.15) is 0 Å². The molecule has 0 atom stereocenters. The Hall–Kier alpha value is -2.22. The van der Waals surface area contributed by atoms with Crippen molar-refractivity contribution in [2.24, 2.45) is 0 Å². The second-order valence-electron chi connectivity index (χ2n) is 5.61. The van der Waals surface area contributed by atoms with Gasteiger partial charge >= 0.3 is 0 Å². The summed E-state index contributed by atoms with van der Waals surface area (Å²) >= 11 is 5.94. The summed E-state index contributed by atoms with van der Waals surface area (Å²) in [5, 5.41) is 0.163. The van der Waals surface area contributed by atoms with Crippen molar-refractivity contribution < 1.29 is 17.2 Å². The Balaban J connectivity index is 1.69. The summed E-state index contributed by atoms with van der Waals surface area (Å²) in [6.07, 6.45) is 0.347. The van der Waals surface area contributed by atoms with Crippen molar-refractivity contribution in [2.75, 3.05) is 6.54 Å². The van der Waals surface area contributed by atoms with Gasteiger partial charge in [-0.15, -0.1) is 0 Å². The first-order valence-electron chi connectivity index (χ1n) is 7.83. The van der Waals surface area contributed by atoms with Gasteiger partial charge in [0, 0.05) is 18.5 Å². The zero-order valence-corrected chi connectivity index (χ0v) is 15.4. The minimum atomic E-state index is -3.71. The van der Waals surface area contributed by atoms with Gasteiger partial charge in [-0.3, -0.25) is 0 Å². The topological polar surface area (TPSA) is 72.2 Å². The van der Waals surface area contributed by atoms with Gasteiger partial charge in [0.2, 0.25) is 15.9 Å². The minimum Gasteiger partial charge on any atom is -0.441 e. The molecule has 26 heavy (non-hydrogen) atoms. The van der Waals surface area contributed by atoms with E-state index >= 15 is 0 Å². The minimum absolute atomic E-state index is 0.0329. The molecule has 0 bridgehead atoms. The van der Waals surface area contributed by atoms with Crippen molar-refractivity contribution in [1.82, 2.24) is 9.71 Å². The molecule has 0 fully saturated rings. The van der Waals surface area contributed by atoms with Crippen LogP contribution in [-0.4, -0.2) is 19.9 Å². The van der Waals surface area contributed by atoms with Crippen LogP contribution in [0.3, 0.4) is 0 Å². The number of halogens is 2. The maximum Gasteiger partial charge on any atom is 0.242 e. The summed E-state index contributed by atoms with van der Waals surface area (Å²) in [5.74, 6) is 0.610. The monoisotopic (exact) mass is 394 g/mol. The Bertz CT molecular complexity index is 1020. The zero-order valence-electron chi connectivity index (χ0n) is 13.9. The fourth-order valence-electron chi connectivity index (χ4n) is 2.42. The van der Waals surface area contributed by atoms with Crippen LogP contribution in [0.5, 0.6) is 0 Å². The summed E-state index contributed by atoms with van der Waals surface area (Å²) in [6.45, 7) is 1.89. The number of rotatable bonds is 6. The molecule has 1 heterocycles. The van der Waals surface area contributed by atoms with Crippen LogP contribution in [0.1, 0.15) is 11.5 Å². The molecule has 0 radical (unpaired) electrons. The highest BCUT2D eigenvalue weighted by atomic mass is 35.5. The van der Waals surface area contributed by atoms with E-state index in [0.29, 0.717) is 29.3 Å². The van der Waals surface area contributed by atoms with Crippen LogP contribution >= 0.6 is 11.6 Å². The average Bonchev–Trinajstić information content (AvgIpc) is 2.96. The first kappa shape index (κ1) is 18.6. The van der Waals surface area contributed by atoms with Gasteiger partial charge in [0.15, 0.2) is 0 Å². The van der Waals surface area contributed by atoms with Gasteiger partial charge < -0.3 is 4.42 Å². The van der Waals surface area contributed by atoms with Gasteiger partial charge in [0.05, 0.1) is 10.7 Å². The molecule has 136 valence electrons. The van der Waals surface area contributed by atoms with E-state index in [0.717, 1.165) is 0 Å². The number of hydrogen-bond donors (Lipinski definition) is 1. The molecule has 8 heteroatoms. The van der Waals surface area contributed by atoms with Gasteiger partial charge in [-0.25, -0.2) is 22.5 Å². The van der Waals surface area contributed by atoms with E-state index in [2.05, 4.69) is 9.71 Å². The van der Waals surface area contributed by atoms with Crippen molar-refractivity contribution in [2.45, 2.75) is 18.2 Å². The molecule has 0 unspecified atom stereocenters. The maximum absolute atomic E-state index is 13.0. The van der Waals surface area contributed by atoms with Crippen LogP contribution in [0.15, 0.2) is 57.8 Å². The molecular formula is C18H16ClFN2O3S. The lowest BCUT2D eigenvalue weighted by Gasteiger charge is -2.07. The molecule has 1 N–H and O–H groups in total. The predicted molar refractivity (Wildman–Crippen MR) is 97.0 cm³/mol. The fourth-order valence-corrected chi connectivity index (χ4v) is 3.97. The summed E-state index contributed by atoms with van der Waals surface area (Å²) < 4.78 is 45.7. The molecule has 1 aromatic heterocycles. The maximum atomic E-state index is 13.0. The van der Waals surface area contributed by atoms with Gasteiger partial charge in [0.1, 0.15) is 16.5 Å². The number of nitrogens with zero attached hydrogens (tertiary/aromatic N) is 1. The molecule has 0 aliphatic carbocycles. The standard InChI is InChI=1S/C18H16ClFN2O3S/c1-12-16(22-18(25-12)13-6-8-14(20)9-7-13)10-11-21-26(23,24)17-5-3-2-4-15(17)19/h2-9,21H,10-11H2,1H3. The highest BCUT2D eigenvalue weighted by Crippen LogP contribution is 2.23. The predicted octanol–water partition coefficient (Wildman–Crippen LogP) is 3.96. The lowest BCUT2D eigenvalue weighted by atomic mass is 10.2. The van der Waals surface area contributed by atoms with E-state index in [4.69, 9.17) is 16.0 Å². The van der Waals surface area contributed by atoms with Gasteiger partial charge in [-0.1, -0.05) is 23.7 Å². The molecule has 0 aliphatic rings. The SMILES string of the molecule is Cc1oc(-c2ccc(F)cc2)nc1CCNS(=O)(=O)c1ccccc1Cl. The summed E-state index contributed by atoms with van der Waals surface area (Å²) in [4.78, 5) is 4.40. The van der Waals surface area contributed by atoms with Crippen LogP contribution < -0.4 is 4.72 Å². The Kier molecular flexibility index (Phi) is 5.41. The van der Waals surface area contributed by atoms with Crippen LogP contribution in [0.2, 0.25) is 5.02 Å². The van der Waals surface area contributed by atoms with E-state index in [1.807, 2.05) is 0 Å². The molecule has 0 saturated heterocycles. The zero-order chi connectivity index (χ0) is 18.7. The molecule has 0 aliphatic heterocycles. The van der Waals surface area contributed by atoms with Crippen LogP contribution in [0, 0.1) is 12.7 Å². The van der Waals surface area contributed by atoms with E-state index in [9.17, 15) is 12.8 Å². The van der Waals surface area contributed by atoms with Crippen LogP contribution in [0.4, 0.5) is 4.39 Å². The first-order valence-corrected chi connectivity index (χ1v) is 9.69. The van der Waals surface area contributed by atoms with Crippen molar-refractivity contribution in [3.8, 4) is 11.5 Å². The van der Waals surface area contributed by atoms with Crippen molar-refractivity contribution in [3.05, 3.63) is 70.8 Å². The quantitative estimate of drug-likeness (QED) is 0.686. The highest BCUT2D eigenvalue weighted by Gasteiger charge is 2.18. The average molecular weight is 395 g/mol. The van der Waals surface area contributed by atoms with E-state index in [1.54, 1.807) is 31.2 Å². The number of aromatic nitrogens is 1. The second-order valence-corrected chi connectivity index (χ2v) is 7.75. The largest absolute Gasteiger partial charge is 0.441 e. The molecule has 3 rings (SSSR count). The van der Waals surface area contributed by atoms with Gasteiger partial charge in [-0.05, 0) is 43.3 Å². The Morgan fingerprint density at radius 2 is 1.85 bits per heavy atom. The number of aryl methyl sites for hydroxylation is 1. The molecular weight excluding hydrogens is 379 g/mol. The molecule has 0 amide bonds. The third-order valence-corrected chi connectivity index (χ3v) is 5.72. The first-order chi connectivity index (χ1) is 12.4. The number of oxazole rings is 1. The number of sulfonamides is 1.